The Morgan fingerprint density at radius 3 is 2.75 bits per heavy atom. The Morgan fingerprint density at radius 1 is 1.35 bits per heavy atom. The van der Waals surface area contributed by atoms with Crippen molar-refractivity contribution in [1.82, 2.24) is 4.98 Å². The van der Waals surface area contributed by atoms with E-state index in [1.165, 1.54) is 30.3 Å². The fourth-order valence-corrected chi connectivity index (χ4v) is 1.51. The molecule has 20 heavy (non-hydrogen) atoms. The lowest BCUT2D eigenvalue weighted by Crippen LogP contribution is -2.05. The molecule has 8 heteroatoms. The predicted octanol–water partition coefficient (Wildman–Crippen LogP) is 3.60. The molecular formula is C12H8FN5O2. The van der Waals surface area contributed by atoms with Crippen LogP contribution in [0, 0.1) is 5.82 Å². The number of carboxylic acids is 1. The molecule has 2 aromatic rings. The van der Waals surface area contributed by atoms with Crippen LogP contribution in [-0.4, -0.2) is 16.1 Å². The topological polar surface area (TPSA) is 111 Å². The zero-order chi connectivity index (χ0) is 14.5. The molecule has 0 atom stereocenters. The van der Waals surface area contributed by atoms with E-state index in [1.807, 2.05) is 0 Å². The van der Waals surface area contributed by atoms with Crippen molar-refractivity contribution in [2.45, 2.75) is 0 Å². The number of halogens is 1. The average Bonchev–Trinajstić information content (AvgIpc) is 2.42. The monoisotopic (exact) mass is 273 g/mol. The molecule has 1 heterocycles. The largest absolute Gasteiger partial charge is 0.478 e. The molecule has 0 aliphatic heterocycles. The highest BCUT2D eigenvalue weighted by Crippen LogP contribution is 2.24. The number of para-hydroxylation sites is 1. The maximum absolute atomic E-state index is 13.5. The van der Waals surface area contributed by atoms with Gasteiger partial charge in [0.2, 0.25) is 0 Å². The lowest BCUT2D eigenvalue weighted by molar-refractivity contribution is 0.0697. The molecule has 0 saturated heterocycles. The van der Waals surface area contributed by atoms with E-state index in [9.17, 15) is 9.18 Å². The van der Waals surface area contributed by atoms with Crippen molar-refractivity contribution >= 4 is 23.3 Å². The van der Waals surface area contributed by atoms with Gasteiger partial charge >= 0.3 is 5.97 Å². The molecule has 0 aliphatic carbocycles. The van der Waals surface area contributed by atoms with E-state index in [1.54, 1.807) is 6.07 Å². The van der Waals surface area contributed by atoms with Crippen LogP contribution in [0.1, 0.15) is 10.4 Å². The highest BCUT2D eigenvalue weighted by atomic mass is 19.1. The maximum Gasteiger partial charge on any atom is 0.339 e. The minimum absolute atomic E-state index is 0.0173. The molecule has 2 N–H and O–H groups in total. The van der Waals surface area contributed by atoms with Crippen molar-refractivity contribution in [3.05, 3.63) is 58.2 Å². The number of azide groups is 1. The second-order valence-electron chi connectivity index (χ2n) is 3.67. The van der Waals surface area contributed by atoms with E-state index in [4.69, 9.17) is 10.6 Å². The van der Waals surface area contributed by atoms with E-state index >= 15 is 0 Å². The van der Waals surface area contributed by atoms with Crippen molar-refractivity contribution < 1.29 is 14.3 Å². The molecular weight excluding hydrogens is 265 g/mol. The Balaban J connectivity index is 2.47. The van der Waals surface area contributed by atoms with Crippen molar-refractivity contribution in [3.8, 4) is 0 Å². The summed E-state index contributed by atoms with van der Waals surface area (Å²) in [6, 6.07) is 8.23. The summed E-state index contributed by atoms with van der Waals surface area (Å²) in [4.78, 5) is 17.5. The van der Waals surface area contributed by atoms with Gasteiger partial charge in [0.25, 0.3) is 0 Å². The average molecular weight is 273 g/mol. The number of hydrogen-bond donors (Lipinski definition) is 2. The first-order chi connectivity index (χ1) is 9.61. The number of anilines is 2. The minimum Gasteiger partial charge on any atom is -0.478 e. The standard InChI is InChI=1S/C12H8FN5O2/c13-8-3-1-2-4-9(8)15-11-7(12(19)20)5-6-10(16-11)17-18-14/h1-6H,(H,15,16)(H,19,20). The number of nitrogens with zero attached hydrogens (tertiary/aromatic N) is 4. The first-order valence-electron chi connectivity index (χ1n) is 5.43. The third kappa shape index (κ3) is 2.82. The Kier molecular flexibility index (Phi) is 3.78. The van der Waals surface area contributed by atoms with Crippen LogP contribution >= 0.6 is 0 Å². The Hall–Kier alpha value is -3.12. The fourth-order valence-electron chi connectivity index (χ4n) is 1.51. The number of pyridine rings is 1. The van der Waals surface area contributed by atoms with E-state index < -0.39 is 11.8 Å². The first-order valence-corrected chi connectivity index (χ1v) is 5.43. The molecule has 7 nitrogen and oxygen atoms in total. The number of rotatable bonds is 4. The molecule has 0 radical (unpaired) electrons. The van der Waals surface area contributed by atoms with Crippen molar-refractivity contribution in [1.29, 1.82) is 0 Å². The SMILES string of the molecule is [N-]=[N+]=Nc1ccc(C(=O)O)c(Nc2ccccc2F)n1. The van der Waals surface area contributed by atoms with Gasteiger partial charge in [-0.2, -0.15) is 0 Å². The summed E-state index contributed by atoms with van der Waals surface area (Å²) in [7, 11) is 0. The highest BCUT2D eigenvalue weighted by Gasteiger charge is 2.13. The second-order valence-corrected chi connectivity index (χ2v) is 3.67. The van der Waals surface area contributed by atoms with Gasteiger partial charge in [-0.3, -0.25) is 0 Å². The molecule has 1 aromatic carbocycles. The summed E-state index contributed by atoms with van der Waals surface area (Å²) in [5.74, 6) is -1.91. The third-order valence-corrected chi connectivity index (χ3v) is 2.39. The normalized spacial score (nSPS) is 9.65. The van der Waals surface area contributed by atoms with Crippen LogP contribution in [0.25, 0.3) is 10.4 Å². The molecule has 0 saturated carbocycles. The van der Waals surface area contributed by atoms with Crippen molar-refractivity contribution in [2.24, 2.45) is 5.11 Å². The number of nitrogens with one attached hydrogen (secondary N) is 1. The first kappa shape index (κ1) is 13.3. The van der Waals surface area contributed by atoms with Gasteiger partial charge in [0.05, 0.1) is 5.69 Å². The summed E-state index contributed by atoms with van der Waals surface area (Å²) < 4.78 is 13.5. The van der Waals surface area contributed by atoms with Gasteiger partial charge in [0.1, 0.15) is 23.0 Å². The number of carboxylic acid groups (broad SMARTS) is 1. The smallest absolute Gasteiger partial charge is 0.339 e. The van der Waals surface area contributed by atoms with E-state index in [0.29, 0.717) is 0 Å². The molecule has 0 bridgehead atoms. The number of aromatic nitrogens is 1. The second kappa shape index (κ2) is 5.68. The molecule has 0 aliphatic rings. The minimum atomic E-state index is -1.23. The van der Waals surface area contributed by atoms with E-state index in [0.717, 1.165) is 0 Å². The Labute approximate surface area is 112 Å². The highest BCUT2D eigenvalue weighted by molar-refractivity contribution is 5.94. The molecule has 0 unspecified atom stereocenters. The van der Waals surface area contributed by atoms with Crippen molar-refractivity contribution in [3.63, 3.8) is 0 Å². The van der Waals surface area contributed by atoms with Crippen LogP contribution in [0.15, 0.2) is 41.5 Å². The van der Waals surface area contributed by atoms with Gasteiger partial charge in [0, 0.05) is 4.91 Å². The third-order valence-electron chi connectivity index (χ3n) is 2.39. The Morgan fingerprint density at radius 2 is 2.10 bits per heavy atom. The van der Waals surface area contributed by atoms with Crippen molar-refractivity contribution in [2.75, 3.05) is 5.32 Å². The lowest BCUT2D eigenvalue weighted by atomic mass is 10.2. The van der Waals surface area contributed by atoms with Gasteiger partial charge in [-0.1, -0.05) is 12.1 Å². The Bertz CT molecular complexity index is 713. The molecule has 1 aromatic heterocycles. The molecule has 2 rings (SSSR count). The van der Waals surface area contributed by atoms with Gasteiger partial charge < -0.3 is 10.4 Å². The van der Waals surface area contributed by atoms with Crippen LogP contribution in [0.3, 0.4) is 0 Å². The zero-order valence-corrected chi connectivity index (χ0v) is 9.99. The maximum atomic E-state index is 13.5. The number of carbonyl (C=O) groups is 1. The number of hydrogen-bond acceptors (Lipinski definition) is 4. The lowest BCUT2D eigenvalue weighted by Gasteiger charge is -2.09. The molecule has 0 amide bonds. The van der Waals surface area contributed by atoms with E-state index in [2.05, 4.69) is 20.3 Å². The summed E-state index contributed by atoms with van der Waals surface area (Å²) in [5, 5.41) is 14.9. The van der Waals surface area contributed by atoms with Gasteiger partial charge in [0.15, 0.2) is 0 Å². The van der Waals surface area contributed by atoms with Crippen LogP contribution < -0.4 is 5.32 Å². The molecule has 0 fully saturated rings. The van der Waals surface area contributed by atoms with Crippen LogP contribution in [0.5, 0.6) is 0 Å². The van der Waals surface area contributed by atoms with Crippen LogP contribution in [-0.2, 0) is 0 Å². The van der Waals surface area contributed by atoms with Crippen LogP contribution in [0.4, 0.5) is 21.7 Å². The summed E-state index contributed by atoms with van der Waals surface area (Å²) in [6.07, 6.45) is 0. The van der Waals surface area contributed by atoms with Gasteiger partial charge in [-0.05, 0) is 34.9 Å². The molecule has 0 spiro atoms. The summed E-state index contributed by atoms with van der Waals surface area (Å²) >= 11 is 0. The van der Waals surface area contributed by atoms with E-state index in [-0.39, 0.29) is 22.9 Å². The predicted molar refractivity (Wildman–Crippen MR) is 69.7 cm³/mol. The number of aromatic carboxylic acids is 1. The van der Waals surface area contributed by atoms with Gasteiger partial charge in [-0.25, -0.2) is 14.2 Å². The summed E-state index contributed by atoms with van der Waals surface area (Å²) in [5.41, 5.74) is 8.25. The van der Waals surface area contributed by atoms with Gasteiger partial charge in [-0.15, -0.1) is 0 Å². The summed E-state index contributed by atoms with van der Waals surface area (Å²) in [6.45, 7) is 0. The number of benzene rings is 1. The quantitative estimate of drug-likeness (QED) is 0.503. The zero-order valence-electron chi connectivity index (χ0n) is 9.99. The van der Waals surface area contributed by atoms with Crippen LogP contribution in [0.2, 0.25) is 0 Å². The fraction of sp³-hybridized carbons (Fsp3) is 0. The molecule has 100 valence electrons.